The van der Waals surface area contributed by atoms with Crippen LogP contribution in [-0.4, -0.2) is 64.0 Å². The molecule has 196 valence electrons. The van der Waals surface area contributed by atoms with Crippen LogP contribution in [0.4, 0.5) is 4.39 Å². The lowest BCUT2D eigenvalue weighted by Gasteiger charge is -2.44. The molecule has 1 spiro atoms. The zero-order chi connectivity index (χ0) is 26.7. The number of hydrogen-bond donors (Lipinski definition) is 1. The van der Waals surface area contributed by atoms with Crippen molar-refractivity contribution in [2.24, 2.45) is 0 Å². The van der Waals surface area contributed by atoms with Crippen molar-refractivity contribution in [1.29, 1.82) is 0 Å². The van der Waals surface area contributed by atoms with E-state index >= 15 is 0 Å². The van der Waals surface area contributed by atoms with E-state index in [1.165, 1.54) is 24.3 Å². The minimum Gasteiger partial charge on any atom is -0.353 e. The Hall–Kier alpha value is -4.11. The zero-order valence-corrected chi connectivity index (χ0v) is 21.1. The van der Waals surface area contributed by atoms with Crippen molar-refractivity contribution in [2.45, 2.75) is 38.1 Å². The Balaban J connectivity index is 1.36. The minimum absolute atomic E-state index is 0.0579. The van der Waals surface area contributed by atoms with Crippen molar-refractivity contribution in [3.8, 4) is 0 Å². The molecule has 3 heterocycles. The smallest absolute Gasteiger partial charge is 0.256 e. The molecule has 3 aromatic rings. The van der Waals surface area contributed by atoms with Crippen LogP contribution in [0.1, 0.15) is 44.7 Å². The van der Waals surface area contributed by atoms with Crippen molar-refractivity contribution in [3.05, 3.63) is 101 Å². The topological polar surface area (TPSA) is 91.8 Å². The number of carbonyl (C=O) groups is 3. The summed E-state index contributed by atoms with van der Waals surface area (Å²) in [7, 11) is 0. The van der Waals surface area contributed by atoms with Gasteiger partial charge in [-0.3, -0.25) is 24.3 Å². The number of amides is 3. The molecule has 5 rings (SSSR count). The second-order valence-electron chi connectivity index (χ2n) is 9.70. The number of pyridine rings is 1. The highest BCUT2D eigenvalue weighted by molar-refractivity contribution is 5.99. The van der Waals surface area contributed by atoms with Gasteiger partial charge in [0.15, 0.2) is 0 Å². The summed E-state index contributed by atoms with van der Waals surface area (Å²) in [5.41, 5.74) is 1.64. The number of halogens is 1. The Labute approximate surface area is 220 Å². The summed E-state index contributed by atoms with van der Waals surface area (Å²) in [6, 6.07) is 15.5. The normalized spacial score (nSPS) is 18.4. The van der Waals surface area contributed by atoms with E-state index in [2.05, 4.69) is 10.3 Å². The average Bonchev–Trinajstić information content (AvgIpc) is 3.30. The molecule has 2 fully saturated rings. The van der Waals surface area contributed by atoms with Gasteiger partial charge in [-0.25, -0.2) is 4.39 Å². The van der Waals surface area contributed by atoms with E-state index in [0.717, 1.165) is 11.1 Å². The first-order valence-electron chi connectivity index (χ1n) is 12.6. The van der Waals surface area contributed by atoms with E-state index in [4.69, 9.17) is 4.74 Å². The standard InChI is InChI=1S/C29H29FN4O4/c1-20-4-2-6-23(16-20)28(37)34-25(26(35)32-18-21-5-3-13-31-17-21)19-38-29(34)11-14-33(15-12-29)27(36)22-7-9-24(30)10-8-22/h2-10,13,16-17,25H,11-12,14-15,18-19H2,1H3,(H,32,35)/t25-/m1/s1. The molecule has 9 heteroatoms. The van der Waals surface area contributed by atoms with Gasteiger partial charge in [-0.2, -0.15) is 0 Å². The Morgan fingerprint density at radius 1 is 1.03 bits per heavy atom. The maximum atomic E-state index is 13.9. The monoisotopic (exact) mass is 516 g/mol. The number of nitrogens with one attached hydrogen (secondary N) is 1. The average molecular weight is 517 g/mol. The van der Waals surface area contributed by atoms with Crippen molar-refractivity contribution >= 4 is 17.7 Å². The summed E-state index contributed by atoms with van der Waals surface area (Å²) < 4.78 is 19.6. The SMILES string of the molecule is Cc1cccc(C(=O)N2[C@@H](C(=O)NCc3cccnc3)COC23CCN(C(=O)c2ccc(F)cc2)CC3)c1. The maximum Gasteiger partial charge on any atom is 0.256 e. The van der Waals surface area contributed by atoms with Gasteiger partial charge in [0.25, 0.3) is 11.8 Å². The highest BCUT2D eigenvalue weighted by atomic mass is 19.1. The predicted molar refractivity (Wildman–Crippen MR) is 137 cm³/mol. The van der Waals surface area contributed by atoms with Crippen LogP contribution in [0.5, 0.6) is 0 Å². The molecule has 1 N–H and O–H groups in total. The third-order valence-corrected chi connectivity index (χ3v) is 7.16. The summed E-state index contributed by atoms with van der Waals surface area (Å²) in [5.74, 6) is -1.21. The number of rotatable bonds is 5. The fourth-order valence-corrected chi connectivity index (χ4v) is 5.13. The van der Waals surface area contributed by atoms with Gasteiger partial charge in [-0.05, 0) is 55.0 Å². The van der Waals surface area contributed by atoms with Gasteiger partial charge in [0.05, 0.1) is 6.61 Å². The summed E-state index contributed by atoms with van der Waals surface area (Å²) in [5, 5.41) is 2.92. The number of hydrogen-bond acceptors (Lipinski definition) is 5. The van der Waals surface area contributed by atoms with Gasteiger partial charge in [-0.15, -0.1) is 0 Å². The molecule has 38 heavy (non-hydrogen) atoms. The van der Waals surface area contributed by atoms with Crippen LogP contribution in [0.2, 0.25) is 0 Å². The van der Waals surface area contributed by atoms with Crippen LogP contribution >= 0.6 is 0 Å². The first kappa shape index (κ1) is 25.5. The van der Waals surface area contributed by atoms with Crippen molar-refractivity contribution in [2.75, 3.05) is 19.7 Å². The summed E-state index contributed by atoms with van der Waals surface area (Å²) >= 11 is 0. The van der Waals surface area contributed by atoms with E-state index in [1.807, 2.05) is 25.1 Å². The number of likely N-dealkylation sites (tertiary alicyclic amines) is 1. The van der Waals surface area contributed by atoms with Crippen LogP contribution < -0.4 is 5.32 Å². The first-order valence-corrected chi connectivity index (χ1v) is 12.6. The van der Waals surface area contributed by atoms with E-state index in [9.17, 15) is 18.8 Å². The molecule has 2 aromatic carbocycles. The molecule has 0 radical (unpaired) electrons. The van der Waals surface area contributed by atoms with Gasteiger partial charge >= 0.3 is 0 Å². The minimum atomic E-state index is -1.02. The summed E-state index contributed by atoms with van der Waals surface area (Å²) in [6.07, 6.45) is 4.04. The van der Waals surface area contributed by atoms with Crippen LogP contribution in [0.15, 0.2) is 73.1 Å². The summed E-state index contributed by atoms with van der Waals surface area (Å²) in [4.78, 5) is 47.5. The number of aromatic nitrogens is 1. The Kier molecular flexibility index (Phi) is 7.20. The molecule has 1 atom stereocenters. The Bertz CT molecular complexity index is 1320. The van der Waals surface area contributed by atoms with E-state index < -0.39 is 17.6 Å². The van der Waals surface area contributed by atoms with Gasteiger partial charge in [0.1, 0.15) is 17.6 Å². The Morgan fingerprint density at radius 2 is 1.79 bits per heavy atom. The van der Waals surface area contributed by atoms with Crippen molar-refractivity contribution in [3.63, 3.8) is 0 Å². The van der Waals surface area contributed by atoms with E-state index in [-0.39, 0.29) is 30.9 Å². The molecule has 2 aliphatic heterocycles. The molecule has 8 nitrogen and oxygen atoms in total. The molecule has 0 saturated carbocycles. The van der Waals surface area contributed by atoms with Crippen LogP contribution in [0, 0.1) is 12.7 Å². The quantitative estimate of drug-likeness (QED) is 0.562. The fraction of sp³-hybridized carbons (Fsp3) is 0.310. The molecule has 2 aliphatic rings. The van der Waals surface area contributed by atoms with Gasteiger partial charge < -0.3 is 15.0 Å². The lowest BCUT2D eigenvalue weighted by Crippen LogP contribution is -2.59. The van der Waals surface area contributed by atoms with E-state index in [1.54, 1.807) is 40.4 Å². The second-order valence-corrected chi connectivity index (χ2v) is 9.70. The number of benzene rings is 2. The van der Waals surface area contributed by atoms with Gasteiger partial charge in [-0.1, -0.05) is 23.8 Å². The third-order valence-electron chi connectivity index (χ3n) is 7.16. The zero-order valence-electron chi connectivity index (χ0n) is 21.1. The highest BCUT2D eigenvalue weighted by Crippen LogP contribution is 2.39. The van der Waals surface area contributed by atoms with Crippen LogP contribution in [0.25, 0.3) is 0 Å². The molecule has 0 aliphatic carbocycles. The molecule has 0 bridgehead atoms. The highest BCUT2D eigenvalue weighted by Gasteiger charge is 2.54. The van der Waals surface area contributed by atoms with Crippen LogP contribution in [0.3, 0.4) is 0 Å². The molecular weight excluding hydrogens is 487 g/mol. The third kappa shape index (κ3) is 5.15. The van der Waals surface area contributed by atoms with Crippen molar-refractivity contribution < 1.29 is 23.5 Å². The fourth-order valence-electron chi connectivity index (χ4n) is 5.13. The number of piperidine rings is 1. The predicted octanol–water partition coefficient (Wildman–Crippen LogP) is 3.32. The lowest BCUT2D eigenvalue weighted by atomic mass is 9.95. The molecule has 0 unspecified atom stereocenters. The summed E-state index contributed by atoms with van der Waals surface area (Å²) in [6.45, 7) is 2.91. The lowest BCUT2D eigenvalue weighted by molar-refractivity contribution is -0.128. The van der Waals surface area contributed by atoms with Gasteiger partial charge in [0.2, 0.25) is 5.91 Å². The first-order chi connectivity index (χ1) is 18.4. The molecular formula is C29H29FN4O4. The molecule has 1 aromatic heterocycles. The molecule has 3 amide bonds. The largest absolute Gasteiger partial charge is 0.353 e. The number of carbonyl (C=O) groups excluding carboxylic acids is 3. The Morgan fingerprint density at radius 3 is 2.47 bits per heavy atom. The number of ether oxygens (including phenoxy) is 1. The number of aryl methyl sites for hydroxylation is 1. The maximum absolute atomic E-state index is 13.9. The second kappa shape index (κ2) is 10.7. The van der Waals surface area contributed by atoms with Crippen molar-refractivity contribution in [1.82, 2.24) is 20.1 Å². The molecule has 2 saturated heterocycles. The van der Waals surface area contributed by atoms with Crippen LogP contribution in [-0.2, 0) is 16.1 Å². The number of nitrogens with zero attached hydrogens (tertiary/aromatic N) is 3. The van der Waals surface area contributed by atoms with Gasteiger partial charge in [0, 0.05) is 56.0 Å². The van der Waals surface area contributed by atoms with E-state index in [0.29, 0.717) is 37.1 Å².